The number of hydrogen-bond donors (Lipinski definition) is 1. The number of ether oxygens (including phenoxy) is 1. The average Bonchev–Trinajstić information content (AvgIpc) is 3.27. The minimum atomic E-state index is -0.0590. The summed E-state index contributed by atoms with van der Waals surface area (Å²) in [5.41, 5.74) is 3.04. The van der Waals surface area contributed by atoms with Gasteiger partial charge in [-0.15, -0.1) is 0 Å². The summed E-state index contributed by atoms with van der Waals surface area (Å²) in [5, 5.41) is 3.16. The molecule has 0 radical (unpaired) electrons. The van der Waals surface area contributed by atoms with Gasteiger partial charge in [-0.05, 0) is 36.1 Å². The second kappa shape index (κ2) is 8.40. The van der Waals surface area contributed by atoms with Crippen LogP contribution in [0.1, 0.15) is 34.3 Å². The van der Waals surface area contributed by atoms with E-state index in [-0.39, 0.29) is 11.3 Å². The molecule has 2 heterocycles. The van der Waals surface area contributed by atoms with Gasteiger partial charge in [0.05, 0.1) is 6.33 Å². The standard InChI is InChI=1S/C23H25N3O2/c27-22(20-8-6-19(7-9-20)16-26-13-12-24-18-26)25-17-23(10-14-28-15-11-23)21-4-2-1-3-5-21/h1-9,12-13,18H,10-11,14-17H2,(H,25,27). The van der Waals surface area contributed by atoms with Crippen molar-refractivity contribution >= 4 is 5.91 Å². The molecule has 1 fully saturated rings. The summed E-state index contributed by atoms with van der Waals surface area (Å²) in [6.07, 6.45) is 7.32. The Balaban J connectivity index is 1.42. The van der Waals surface area contributed by atoms with E-state index in [0.29, 0.717) is 12.1 Å². The minimum absolute atomic E-state index is 0.0315. The van der Waals surface area contributed by atoms with Crippen molar-refractivity contribution in [3.8, 4) is 0 Å². The van der Waals surface area contributed by atoms with Crippen LogP contribution in [0.15, 0.2) is 73.3 Å². The van der Waals surface area contributed by atoms with Crippen LogP contribution in [0.5, 0.6) is 0 Å². The van der Waals surface area contributed by atoms with Gasteiger partial charge in [0, 0.05) is 49.7 Å². The zero-order valence-corrected chi connectivity index (χ0v) is 15.9. The first-order valence-electron chi connectivity index (χ1n) is 9.71. The first-order valence-corrected chi connectivity index (χ1v) is 9.71. The van der Waals surface area contributed by atoms with Gasteiger partial charge in [-0.3, -0.25) is 4.79 Å². The summed E-state index contributed by atoms with van der Waals surface area (Å²) in [6, 6.07) is 18.2. The Morgan fingerprint density at radius 1 is 1.07 bits per heavy atom. The van der Waals surface area contributed by atoms with Gasteiger partial charge < -0.3 is 14.6 Å². The number of imidazole rings is 1. The zero-order chi connectivity index (χ0) is 19.2. The third kappa shape index (κ3) is 4.15. The topological polar surface area (TPSA) is 56.1 Å². The largest absolute Gasteiger partial charge is 0.381 e. The van der Waals surface area contributed by atoms with E-state index in [9.17, 15) is 4.79 Å². The van der Waals surface area contributed by atoms with Gasteiger partial charge in [-0.2, -0.15) is 0 Å². The number of nitrogens with one attached hydrogen (secondary N) is 1. The number of amides is 1. The van der Waals surface area contributed by atoms with E-state index < -0.39 is 0 Å². The smallest absolute Gasteiger partial charge is 0.251 e. The highest BCUT2D eigenvalue weighted by atomic mass is 16.5. The molecule has 0 spiro atoms. The molecule has 0 aliphatic carbocycles. The minimum Gasteiger partial charge on any atom is -0.381 e. The van der Waals surface area contributed by atoms with E-state index in [1.54, 1.807) is 12.5 Å². The Hall–Kier alpha value is -2.92. The van der Waals surface area contributed by atoms with E-state index in [1.807, 2.05) is 41.1 Å². The molecule has 1 aliphatic rings. The van der Waals surface area contributed by atoms with Crippen LogP contribution >= 0.6 is 0 Å². The van der Waals surface area contributed by atoms with Crippen LogP contribution in [0.2, 0.25) is 0 Å². The molecule has 1 aromatic heterocycles. The van der Waals surface area contributed by atoms with Crippen LogP contribution in [0.3, 0.4) is 0 Å². The molecular formula is C23H25N3O2. The summed E-state index contributed by atoms with van der Waals surface area (Å²) in [6.45, 7) is 2.83. The van der Waals surface area contributed by atoms with Crippen LogP contribution in [-0.4, -0.2) is 35.2 Å². The SMILES string of the molecule is O=C(NCC1(c2ccccc2)CCOCC1)c1ccc(Cn2ccnc2)cc1. The predicted molar refractivity (Wildman–Crippen MR) is 108 cm³/mol. The van der Waals surface area contributed by atoms with Crippen molar-refractivity contribution in [2.75, 3.05) is 19.8 Å². The highest BCUT2D eigenvalue weighted by Gasteiger charge is 2.34. The maximum Gasteiger partial charge on any atom is 0.251 e. The highest BCUT2D eigenvalue weighted by molar-refractivity contribution is 5.94. The summed E-state index contributed by atoms with van der Waals surface area (Å²) >= 11 is 0. The third-order valence-corrected chi connectivity index (χ3v) is 5.56. The van der Waals surface area contributed by atoms with Gasteiger partial charge in [0.25, 0.3) is 5.91 Å². The molecule has 0 bridgehead atoms. The van der Waals surface area contributed by atoms with Crippen LogP contribution < -0.4 is 5.32 Å². The number of aromatic nitrogens is 2. The Morgan fingerprint density at radius 3 is 2.50 bits per heavy atom. The van der Waals surface area contributed by atoms with Gasteiger partial charge in [-0.25, -0.2) is 4.98 Å². The van der Waals surface area contributed by atoms with Crippen molar-refractivity contribution in [3.63, 3.8) is 0 Å². The van der Waals surface area contributed by atoms with E-state index in [2.05, 4.69) is 34.6 Å². The molecule has 4 rings (SSSR count). The summed E-state index contributed by atoms with van der Waals surface area (Å²) < 4.78 is 7.58. The maximum atomic E-state index is 12.7. The molecule has 1 aliphatic heterocycles. The van der Waals surface area contributed by atoms with Crippen molar-refractivity contribution in [1.29, 1.82) is 0 Å². The van der Waals surface area contributed by atoms with Crippen LogP contribution in [-0.2, 0) is 16.7 Å². The molecule has 3 aromatic rings. The van der Waals surface area contributed by atoms with Crippen LogP contribution in [0.25, 0.3) is 0 Å². The number of benzene rings is 2. The molecule has 0 unspecified atom stereocenters. The highest BCUT2D eigenvalue weighted by Crippen LogP contribution is 2.34. The lowest BCUT2D eigenvalue weighted by Gasteiger charge is -2.38. The molecule has 5 nitrogen and oxygen atoms in total. The Kier molecular flexibility index (Phi) is 5.53. The van der Waals surface area contributed by atoms with Gasteiger partial charge in [-0.1, -0.05) is 42.5 Å². The lowest BCUT2D eigenvalue weighted by molar-refractivity contribution is 0.0487. The molecule has 144 valence electrons. The molecule has 5 heteroatoms. The normalized spacial score (nSPS) is 15.9. The number of carbonyl (C=O) groups is 1. The summed E-state index contributed by atoms with van der Waals surface area (Å²) in [7, 11) is 0. The van der Waals surface area contributed by atoms with Gasteiger partial charge >= 0.3 is 0 Å². The van der Waals surface area contributed by atoms with Crippen molar-refractivity contribution in [3.05, 3.63) is 90.0 Å². The van der Waals surface area contributed by atoms with E-state index >= 15 is 0 Å². The lowest BCUT2D eigenvalue weighted by Crippen LogP contribution is -2.44. The Bertz CT molecular complexity index is 883. The molecular weight excluding hydrogens is 350 g/mol. The van der Waals surface area contributed by atoms with Crippen LogP contribution in [0.4, 0.5) is 0 Å². The molecule has 2 aromatic carbocycles. The van der Waals surface area contributed by atoms with E-state index in [0.717, 1.165) is 38.2 Å². The van der Waals surface area contributed by atoms with Gasteiger partial charge in [0.15, 0.2) is 0 Å². The fraction of sp³-hybridized carbons (Fsp3) is 0.304. The van der Waals surface area contributed by atoms with Crippen molar-refractivity contribution in [2.24, 2.45) is 0 Å². The first kappa shape index (κ1) is 18.4. The van der Waals surface area contributed by atoms with Crippen LogP contribution in [0, 0.1) is 0 Å². The number of carbonyl (C=O) groups excluding carboxylic acids is 1. The average molecular weight is 375 g/mol. The number of rotatable bonds is 6. The zero-order valence-electron chi connectivity index (χ0n) is 15.9. The molecule has 1 saturated heterocycles. The van der Waals surface area contributed by atoms with Gasteiger partial charge in [0.2, 0.25) is 0 Å². The second-order valence-electron chi connectivity index (χ2n) is 7.37. The molecule has 1 N–H and O–H groups in total. The number of nitrogens with zero attached hydrogens (tertiary/aromatic N) is 2. The monoisotopic (exact) mass is 375 g/mol. The molecule has 0 saturated carbocycles. The predicted octanol–water partition coefficient (Wildman–Crippen LogP) is 3.41. The third-order valence-electron chi connectivity index (χ3n) is 5.56. The van der Waals surface area contributed by atoms with Gasteiger partial charge in [0.1, 0.15) is 0 Å². The van der Waals surface area contributed by atoms with Crippen molar-refractivity contribution < 1.29 is 9.53 Å². The fourth-order valence-electron chi connectivity index (χ4n) is 3.83. The molecule has 1 amide bonds. The Labute approximate surface area is 165 Å². The van der Waals surface area contributed by atoms with Crippen molar-refractivity contribution in [2.45, 2.75) is 24.8 Å². The molecule has 28 heavy (non-hydrogen) atoms. The summed E-state index contributed by atoms with van der Waals surface area (Å²) in [5.74, 6) is -0.0315. The van der Waals surface area contributed by atoms with Crippen molar-refractivity contribution in [1.82, 2.24) is 14.9 Å². The maximum absolute atomic E-state index is 12.7. The van der Waals surface area contributed by atoms with E-state index in [4.69, 9.17) is 4.74 Å². The van der Waals surface area contributed by atoms with E-state index in [1.165, 1.54) is 5.56 Å². The molecule has 0 atom stereocenters. The first-order chi connectivity index (χ1) is 13.8. The summed E-state index contributed by atoms with van der Waals surface area (Å²) in [4.78, 5) is 16.8. The quantitative estimate of drug-likeness (QED) is 0.718. The number of hydrogen-bond acceptors (Lipinski definition) is 3. The fourth-order valence-corrected chi connectivity index (χ4v) is 3.83. The second-order valence-corrected chi connectivity index (χ2v) is 7.37. The lowest BCUT2D eigenvalue weighted by atomic mass is 9.74. The Morgan fingerprint density at radius 2 is 1.82 bits per heavy atom.